The molecule has 3 aromatic carbocycles. The van der Waals surface area contributed by atoms with E-state index in [0.717, 1.165) is 71.6 Å². The molecule has 3 heterocycles. The summed E-state index contributed by atoms with van der Waals surface area (Å²) < 4.78 is 7.80. The molecule has 6 heteroatoms. The summed E-state index contributed by atoms with van der Waals surface area (Å²) in [6.45, 7) is 2.23. The Morgan fingerprint density at radius 1 is 1.03 bits per heavy atom. The highest BCUT2D eigenvalue weighted by Gasteiger charge is 2.48. The molecule has 1 aliphatic carbocycles. The van der Waals surface area contributed by atoms with Crippen LogP contribution >= 0.6 is 0 Å². The van der Waals surface area contributed by atoms with Crippen LogP contribution in [0.15, 0.2) is 72.9 Å². The molecule has 2 N–H and O–H groups in total. The summed E-state index contributed by atoms with van der Waals surface area (Å²) in [4.78, 5) is 21.9. The van der Waals surface area contributed by atoms with Crippen LogP contribution in [0.25, 0.3) is 44.5 Å². The third-order valence-electron chi connectivity index (χ3n) is 8.16. The lowest BCUT2D eigenvalue weighted by Gasteiger charge is -2.28. The predicted octanol–water partition coefficient (Wildman–Crippen LogP) is 5.82. The van der Waals surface area contributed by atoms with Crippen LogP contribution in [0.4, 0.5) is 0 Å². The van der Waals surface area contributed by atoms with Crippen LogP contribution in [-0.2, 0) is 11.3 Å². The maximum absolute atomic E-state index is 13.5. The molecule has 2 fully saturated rings. The maximum Gasteiger partial charge on any atom is 0.145 e. The van der Waals surface area contributed by atoms with E-state index in [0.29, 0.717) is 12.3 Å². The molecule has 0 spiro atoms. The number of hydrogen-bond donors (Lipinski definition) is 2. The summed E-state index contributed by atoms with van der Waals surface area (Å²) in [5, 5.41) is 4.68. The average Bonchev–Trinajstić information content (AvgIpc) is 3.33. The maximum atomic E-state index is 13.5. The van der Waals surface area contributed by atoms with Crippen LogP contribution in [0.3, 0.4) is 0 Å². The van der Waals surface area contributed by atoms with Crippen molar-refractivity contribution in [2.75, 3.05) is 20.2 Å². The third kappa shape index (κ3) is 3.83. The van der Waals surface area contributed by atoms with E-state index in [1.807, 2.05) is 24.4 Å². The lowest BCUT2D eigenvalue weighted by atomic mass is 9.80. The Balaban J connectivity index is 1.31. The van der Waals surface area contributed by atoms with Gasteiger partial charge in [0.05, 0.1) is 23.6 Å². The molecule has 0 unspecified atom stereocenters. The van der Waals surface area contributed by atoms with E-state index in [2.05, 4.69) is 63.4 Å². The Kier molecular flexibility index (Phi) is 5.18. The van der Waals surface area contributed by atoms with Gasteiger partial charge in [-0.15, -0.1) is 0 Å². The van der Waals surface area contributed by atoms with Crippen molar-refractivity contribution in [2.45, 2.75) is 25.8 Å². The lowest BCUT2D eigenvalue weighted by Crippen LogP contribution is -2.39. The Labute approximate surface area is 215 Å². The first-order chi connectivity index (χ1) is 18.1. The molecule has 1 aliphatic heterocycles. The van der Waals surface area contributed by atoms with Gasteiger partial charge in [0.1, 0.15) is 17.4 Å². The van der Waals surface area contributed by atoms with Crippen molar-refractivity contribution < 1.29 is 9.53 Å². The number of ether oxygens (including phenoxy) is 1. The number of imidazole rings is 1. The number of aromatic nitrogens is 3. The van der Waals surface area contributed by atoms with Gasteiger partial charge >= 0.3 is 0 Å². The first-order valence-electron chi connectivity index (χ1n) is 13.1. The Hall–Kier alpha value is -3.90. The van der Waals surface area contributed by atoms with Gasteiger partial charge in [0.25, 0.3) is 0 Å². The summed E-state index contributed by atoms with van der Waals surface area (Å²) in [5.41, 5.74) is 6.03. The van der Waals surface area contributed by atoms with Crippen LogP contribution in [0.2, 0.25) is 0 Å². The van der Waals surface area contributed by atoms with Gasteiger partial charge in [-0.25, -0.2) is 4.98 Å². The lowest BCUT2D eigenvalue weighted by molar-refractivity contribution is -0.129. The number of hydrogen-bond acceptors (Lipinski definition) is 4. The molecule has 1 saturated carbocycles. The van der Waals surface area contributed by atoms with Gasteiger partial charge in [-0.05, 0) is 66.6 Å². The third-order valence-corrected chi connectivity index (χ3v) is 8.16. The van der Waals surface area contributed by atoms with Gasteiger partial charge in [0.2, 0.25) is 0 Å². The van der Waals surface area contributed by atoms with Crippen LogP contribution in [0.5, 0.6) is 5.75 Å². The van der Waals surface area contributed by atoms with Crippen molar-refractivity contribution in [1.82, 2.24) is 19.9 Å². The number of nitrogens with one attached hydrogen (secondary N) is 2. The first-order valence-corrected chi connectivity index (χ1v) is 13.1. The number of H-pyrrole nitrogens is 1. The van der Waals surface area contributed by atoms with Crippen LogP contribution in [0.1, 0.15) is 19.3 Å². The van der Waals surface area contributed by atoms with Gasteiger partial charge in [0, 0.05) is 42.4 Å². The topological polar surface area (TPSA) is 71.9 Å². The number of carbonyl (C=O) groups excluding carboxylic acids is 1. The number of rotatable bonds is 7. The molecule has 2 aromatic heterocycles. The Morgan fingerprint density at radius 2 is 1.84 bits per heavy atom. The minimum atomic E-state index is -0.391. The number of aromatic amines is 1. The second kappa shape index (κ2) is 8.60. The van der Waals surface area contributed by atoms with Gasteiger partial charge in [-0.2, -0.15) is 0 Å². The molecule has 37 heavy (non-hydrogen) atoms. The number of carbonyl (C=O) groups is 1. The van der Waals surface area contributed by atoms with Crippen LogP contribution in [-0.4, -0.2) is 40.5 Å². The van der Waals surface area contributed by atoms with Crippen molar-refractivity contribution in [2.24, 2.45) is 11.3 Å². The highest BCUT2D eigenvalue weighted by molar-refractivity contribution is 5.90. The number of Topliss-reactive ketones (excluding diaryl/α,β-unsaturated/α-hetero) is 1. The molecule has 6 nitrogen and oxygen atoms in total. The Morgan fingerprint density at radius 3 is 2.59 bits per heavy atom. The monoisotopic (exact) mass is 490 g/mol. The van der Waals surface area contributed by atoms with Crippen molar-refractivity contribution in [3.8, 4) is 28.3 Å². The zero-order valence-electron chi connectivity index (χ0n) is 21.0. The van der Waals surface area contributed by atoms with E-state index in [-0.39, 0.29) is 5.92 Å². The van der Waals surface area contributed by atoms with E-state index in [1.54, 1.807) is 7.11 Å². The summed E-state index contributed by atoms with van der Waals surface area (Å²) in [7, 11) is 1.69. The largest absolute Gasteiger partial charge is 0.497 e. The minimum Gasteiger partial charge on any atom is -0.497 e. The Bertz CT molecular complexity index is 1620. The molecule has 1 saturated heterocycles. The quantitative estimate of drug-likeness (QED) is 0.302. The number of methoxy groups -OCH3 is 1. The zero-order chi connectivity index (χ0) is 25.0. The number of fused-ring (bicyclic) bond motifs is 2. The fraction of sp³-hybridized carbons (Fsp3) is 0.290. The molecule has 186 valence electrons. The molecular formula is C31H30N4O2. The normalized spacial score (nSPS) is 19.6. The highest BCUT2D eigenvalue weighted by atomic mass is 16.5. The van der Waals surface area contributed by atoms with E-state index in [9.17, 15) is 4.79 Å². The molecular weight excluding hydrogens is 460 g/mol. The van der Waals surface area contributed by atoms with Crippen molar-refractivity contribution >= 4 is 27.7 Å². The summed E-state index contributed by atoms with van der Waals surface area (Å²) in [6, 6.07) is 23.2. The highest BCUT2D eigenvalue weighted by Crippen LogP contribution is 2.42. The number of nitrogens with zero attached hydrogens (tertiary/aromatic N) is 2. The molecule has 1 atom stereocenters. The average molecular weight is 491 g/mol. The number of benzene rings is 3. The van der Waals surface area contributed by atoms with E-state index >= 15 is 0 Å². The zero-order valence-corrected chi connectivity index (χ0v) is 21.0. The summed E-state index contributed by atoms with van der Waals surface area (Å²) in [6.07, 6.45) is 4.90. The smallest absolute Gasteiger partial charge is 0.145 e. The standard InChI is InChI=1S/C31H30N4O2/c1-37-25-10-11-26-28(17-25)35(19-31(13-15-32-18-31)29(36)22-5-6-22)30(34-26)23-7-2-20(3-8-23)24-9-4-21-12-14-33-27(21)16-24/h2-4,7-12,14,16-17,22,32-33H,5-6,13,15,18-19H2,1H3/t31-/m0/s1. The fourth-order valence-corrected chi connectivity index (χ4v) is 5.90. The molecule has 0 amide bonds. The van der Waals surface area contributed by atoms with E-state index < -0.39 is 5.41 Å². The summed E-state index contributed by atoms with van der Waals surface area (Å²) in [5.74, 6) is 2.33. The van der Waals surface area contributed by atoms with Crippen molar-refractivity contribution in [3.63, 3.8) is 0 Å². The van der Waals surface area contributed by atoms with Gasteiger partial charge in [-0.1, -0.05) is 36.4 Å². The second-order valence-electron chi connectivity index (χ2n) is 10.6. The van der Waals surface area contributed by atoms with Gasteiger partial charge < -0.3 is 19.6 Å². The first kappa shape index (κ1) is 22.3. The molecule has 0 radical (unpaired) electrons. The molecule has 5 aromatic rings. The van der Waals surface area contributed by atoms with E-state index in [4.69, 9.17) is 9.72 Å². The van der Waals surface area contributed by atoms with Gasteiger partial charge in [-0.3, -0.25) is 4.79 Å². The van der Waals surface area contributed by atoms with Crippen molar-refractivity contribution in [3.05, 3.63) is 72.9 Å². The van der Waals surface area contributed by atoms with Crippen LogP contribution in [0, 0.1) is 11.3 Å². The van der Waals surface area contributed by atoms with Crippen LogP contribution < -0.4 is 10.1 Å². The number of ketones is 1. The van der Waals surface area contributed by atoms with Crippen molar-refractivity contribution in [1.29, 1.82) is 0 Å². The van der Waals surface area contributed by atoms with Gasteiger partial charge in [0.15, 0.2) is 0 Å². The fourth-order valence-electron chi connectivity index (χ4n) is 5.90. The second-order valence-corrected chi connectivity index (χ2v) is 10.6. The molecule has 0 bridgehead atoms. The summed E-state index contributed by atoms with van der Waals surface area (Å²) >= 11 is 0. The minimum absolute atomic E-state index is 0.226. The molecule has 2 aliphatic rings. The predicted molar refractivity (Wildman–Crippen MR) is 147 cm³/mol. The van der Waals surface area contributed by atoms with E-state index in [1.165, 1.54) is 10.9 Å². The molecule has 7 rings (SSSR count). The SMILES string of the molecule is COc1ccc2nc(-c3ccc(-c4ccc5cc[nH]c5c4)cc3)n(C[C@]3(C(=O)C4CC4)CCNC3)c2c1.